The van der Waals surface area contributed by atoms with Crippen molar-refractivity contribution >= 4 is 39.5 Å². The van der Waals surface area contributed by atoms with Gasteiger partial charge in [0.05, 0.1) is 26.4 Å². The number of carbonyl (C=O) groups excluding carboxylic acids is 4. The molecule has 0 aliphatic rings. The van der Waals surface area contributed by atoms with Crippen molar-refractivity contribution in [2.75, 3.05) is 39.6 Å². The normalized spacial score (nSPS) is 14.7. The first-order valence-corrected chi connectivity index (χ1v) is 43.7. The zero-order valence-electron chi connectivity index (χ0n) is 66.1. The molecule has 604 valence electrons. The van der Waals surface area contributed by atoms with Gasteiger partial charge in [-0.3, -0.25) is 37.3 Å². The van der Waals surface area contributed by atoms with Crippen molar-refractivity contribution in [1.29, 1.82) is 0 Å². The number of hydrogen-bond donors (Lipinski definition) is 3. The van der Waals surface area contributed by atoms with Crippen LogP contribution in [0.25, 0.3) is 0 Å². The molecule has 0 aromatic carbocycles. The van der Waals surface area contributed by atoms with Crippen LogP contribution in [0.1, 0.15) is 310 Å². The van der Waals surface area contributed by atoms with Crippen LogP contribution in [0.4, 0.5) is 0 Å². The summed E-state index contributed by atoms with van der Waals surface area (Å²) >= 11 is 0. The minimum absolute atomic E-state index is 0.0662. The van der Waals surface area contributed by atoms with E-state index in [9.17, 15) is 43.2 Å². The summed E-state index contributed by atoms with van der Waals surface area (Å²) in [6.45, 7) is 4.42. The van der Waals surface area contributed by atoms with Crippen molar-refractivity contribution < 1.29 is 80.2 Å². The highest BCUT2D eigenvalue weighted by Gasteiger charge is 2.30. The van der Waals surface area contributed by atoms with Gasteiger partial charge in [-0.25, -0.2) is 9.13 Å². The third kappa shape index (κ3) is 76.9. The van der Waals surface area contributed by atoms with E-state index in [0.717, 1.165) is 205 Å². The maximum Gasteiger partial charge on any atom is 0.472 e. The van der Waals surface area contributed by atoms with E-state index in [4.69, 9.17) is 37.0 Å². The van der Waals surface area contributed by atoms with Crippen LogP contribution in [0, 0.1) is 0 Å². The van der Waals surface area contributed by atoms with Crippen molar-refractivity contribution in [2.45, 2.75) is 329 Å². The summed E-state index contributed by atoms with van der Waals surface area (Å²) in [7, 11) is -10.00. The van der Waals surface area contributed by atoms with Gasteiger partial charge in [0.15, 0.2) is 12.2 Å². The van der Waals surface area contributed by atoms with Crippen molar-refractivity contribution in [3.05, 3.63) is 158 Å². The lowest BCUT2D eigenvalue weighted by Crippen LogP contribution is -2.30. The van der Waals surface area contributed by atoms with Crippen molar-refractivity contribution in [2.24, 2.45) is 0 Å². The molecule has 5 atom stereocenters. The Labute approximate surface area is 642 Å². The molecule has 0 aromatic heterocycles. The van der Waals surface area contributed by atoms with Crippen LogP contribution in [0.3, 0.4) is 0 Å². The molecular weight excluding hydrogens is 1380 g/mol. The van der Waals surface area contributed by atoms with Crippen molar-refractivity contribution in [3.8, 4) is 0 Å². The van der Waals surface area contributed by atoms with Gasteiger partial charge in [0.1, 0.15) is 19.3 Å². The lowest BCUT2D eigenvalue weighted by atomic mass is 10.1. The molecule has 0 fully saturated rings. The minimum atomic E-state index is -5.00. The van der Waals surface area contributed by atoms with Gasteiger partial charge in [-0.2, -0.15) is 0 Å². The second-order valence-electron chi connectivity index (χ2n) is 26.6. The van der Waals surface area contributed by atoms with Crippen LogP contribution < -0.4 is 0 Å². The number of carbonyl (C=O) groups is 4. The van der Waals surface area contributed by atoms with E-state index in [-0.39, 0.29) is 25.7 Å². The second kappa shape index (κ2) is 77.8. The van der Waals surface area contributed by atoms with Gasteiger partial charge in [0, 0.05) is 25.7 Å². The summed E-state index contributed by atoms with van der Waals surface area (Å²) in [6, 6.07) is 0. The van der Waals surface area contributed by atoms with Crippen molar-refractivity contribution in [3.63, 3.8) is 0 Å². The van der Waals surface area contributed by atoms with Gasteiger partial charge in [-0.15, -0.1) is 0 Å². The predicted octanol–water partition coefficient (Wildman–Crippen LogP) is 24.0. The van der Waals surface area contributed by atoms with Crippen LogP contribution in [0.15, 0.2) is 158 Å². The Morgan fingerprint density at radius 3 is 0.792 bits per heavy atom. The average molecular weight is 1520 g/mol. The fraction of sp³-hybridized carbons (Fsp3) is 0.655. The standard InChI is InChI=1S/C87H144O17P2/c1-5-9-13-17-21-25-29-33-37-40-44-47-51-55-59-63-67-71-84(89)97-77-82(103-86(91)73-69-65-61-57-53-49-43-36-32-28-24-20-16-12-8-4)79-101-105(93,94)99-75-81(88)76-100-106(95,96)102-80-83(104-87(92)74-70-66-62-58-54-50-46-42-39-35-31-27-23-19-15-11-7-3)78-98-85(90)72-68-64-60-56-52-48-45-41-38-34-30-26-22-18-14-10-6-2/h9-11,13-15,21-28,33-39,43,45,48,56,60,81-83,88H,5-8,12,16-20,29-32,40-42,44,46-47,49-55,57-59,61-80H2,1-4H3,(H,93,94)(H,95,96)/b13-9-,14-10-,15-11-,25-21-,26-22-,27-23-,28-24-,37-33-,38-34-,39-35-,43-36-,48-45-,60-56-. The number of unbranched alkanes of at least 4 members (excludes halogenated alkanes) is 23. The topological polar surface area (TPSA) is 237 Å². The van der Waals surface area contributed by atoms with Gasteiger partial charge >= 0.3 is 39.5 Å². The molecule has 5 unspecified atom stereocenters. The Kier molecular flexibility index (Phi) is 73.9. The van der Waals surface area contributed by atoms with Gasteiger partial charge in [-0.05, 0) is 161 Å². The van der Waals surface area contributed by atoms with E-state index < -0.39 is 97.5 Å². The van der Waals surface area contributed by atoms with E-state index in [0.29, 0.717) is 32.1 Å². The lowest BCUT2D eigenvalue weighted by Gasteiger charge is -2.21. The highest BCUT2D eigenvalue weighted by atomic mass is 31.2. The van der Waals surface area contributed by atoms with Gasteiger partial charge < -0.3 is 33.8 Å². The highest BCUT2D eigenvalue weighted by Crippen LogP contribution is 2.45. The van der Waals surface area contributed by atoms with Gasteiger partial charge in [0.25, 0.3) is 0 Å². The first-order valence-electron chi connectivity index (χ1n) is 40.7. The van der Waals surface area contributed by atoms with Crippen LogP contribution in [0.5, 0.6) is 0 Å². The molecule has 0 heterocycles. The van der Waals surface area contributed by atoms with E-state index in [1.54, 1.807) is 0 Å². The molecular formula is C87H144O17P2. The maximum atomic E-state index is 13.1. The average Bonchev–Trinajstić information content (AvgIpc) is 0.902. The van der Waals surface area contributed by atoms with E-state index in [2.05, 4.69) is 174 Å². The number of hydrogen-bond acceptors (Lipinski definition) is 15. The van der Waals surface area contributed by atoms with Crippen LogP contribution >= 0.6 is 15.6 Å². The summed E-state index contributed by atoms with van der Waals surface area (Å²) in [5, 5.41) is 10.7. The van der Waals surface area contributed by atoms with E-state index >= 15 is 0 Å². The molecule has 17 nitrogen and oxygen atoms in total. The molecule has 0 aromatic rings. The Morgan fingerprint density at radius 2 is 0.500 bits per heavy atom. The quantitative estimate of drug-likeness (QED) is 0.0169. The number of allylic oxidation sites excluding steroid dienone is 26. The molecule has 0 aliphatic carbocycles. The molecule has 0 saturated carbocycles. The maximum absolute atomic E-state index is 13.1. The first-order chi connectivity index (χ1) is 51.7. The number of phosphoric ester groups is 2. The SMILES string of the molecule is CC/C=C\C/C=C\C/C=C\C/C=C\C/C=C\CCCC(=O)OCC(COP(=O)(O)OCC(O)COP(=O)(O)OCC(COC(=O)CCCCCCCCC/C=C\C/C=C\C/C=C\CC)OC(=O)CCCCCCC/C=C\C/C=C\CCCCC)OC(=O)CCCCCCCCC/C=C\C/C=C\C/C=C\CC. The predicted molar refractivity (Wildman–Crippen MR) is 436 cm³/mol. The third-order valence-electron chi connectivity index (χ3n) is 16.5. The summed E-state index contributed by atoms with van der Waals surface area (Å²) < 4.78 is 68.6. The Balaban J connectivity index is 5.45. The highest BCUT2D eigenvalue weighted by molar-refractivity contribution is 7.47. The summed E-state index contributed by atoms with van der Waals surface area (Å²) in [4.78, 5) is 73.1. The molecule has 0 spiro atoms. The Hall–Kier alpha value is -5.32. The Morgan fingerprint density at radius 1 is 0.274 bits per heavy atom. The first kappa shape index (κ1) is 101. The molecule has 106 heavy (non-hydrogen) atoms. The van der Waals surface area contributed by atoms with Crippen molar-refractivity contribution in [1.82, 2.24) is 0 Å². The minimum Gasteiger partial charge on any atom is -0.462 e. The molecule has 19 heteroatoms. The van der Waals surface area contributed by atoms with Crippen LogP contribution in [0.2, 0.25) is 0 Å². The summed E-state index contributed by atoms with van der Waals surface area (Å²) in [5.41, 5.74) is 0. The molecule has 0 rings (SSSR count). The van der Waals surface area contributed by atoms with E-state index in [1.807, 2.05) is 12.2 Å². The molecule has 3 N–H and O–H groups in total. The lowest BCUT2D eigenvalue weighted by molar-refractivity contribution is -0.161. The molecule has 0 aliphatic heterocycles. The van der Waals surface area contributed by atoms with Crippen LogP contribution in [-0.2, 0) is 65.4 Å². The van der Waals surface area contributed by atoms with E-state index in [1.165, 1.54) is 19.3 Å². The number of aliphatic hydroxyl groups is 1. The summed E-state index contributed by atoms with van der Waals surface area (Å²) in [5.74, 6) is -2.28. The summed E-state index contributed by atoms with van der Waals surface area (Å²) in [6.07, 6.45) is 90.7. The fourth-order valence-electron chi connectivity index (χ4n) is 10.4. The van der Waals surface area contributed by atoms with Gasteiger partial charge in [-0.1, -0.05) is 282 Å². The third-order valence-corrected chi connectivity index (χ3v) is 18.4. The molecule has 0 amide bonds. The second-order valence-corrected chi connectivity index (χ2v) is 29.5. The number of esters is 4. The number of rotatable bonds is 75. The van der Waals surface area contributed by atoms with Gasteiger partial charge in [0.2, 0.25) is 0 Å². The smallest absolute Gasteiger partial charge is 0.462 e. The number of phosphoric acid groups is 2. The molecule has 0 bridgehead atoms. The molecule has 0 radical (unpaired) electrons. The molecule has 0 saturated heterocycles. The zero-order chi connectivity index (χ0) is 77.4. The number of ether oxygens (including phenoxy) is 4. The monoisotopic (exact) mass is 1520 g/mol. The fourth-order valence-corrected chi connectivity index (χ4v) is 12.0. The largest absolute Gasteiger partial charge is 0.472 e. The zero-order valence-corrected chi connectivity index (χ0v) is 67.8. The Bertz CT molecular complexity index is 2630. The number of aliphatic hydroxyl groups excluding tert-OH is 1. The van der Waals surface area contributed by atoms with Crippen LogP contribution in [-0.4, -0.2) is 96.7 Å².